The third kappa shape index (κ3) is 5.65. The SMILES string of the molecule is CNC(C)COC(F)F. The Kier molecular flexibility index (Phi) is 4.53. The molecule has 1 atom stereocenters. The average molecular weight is 139 g/mol. The monoisotopic (exact) mass is 139 g/mol. The molecule has 0 spiro atoms. The third-order valence-electron chi connectivity index (χ3n) is 0.965. The van der Waals surface area contributed by atoms with E-state index in [1.54, 1.807) is 14.0 Å². The van der Waals surface area contributed by atoms with Crippen LogP contribution in [0.1, 0.15) is 6.92 Å². The Morgan fingerprint density at radius 1 is 1.56 bits per heavy atom. The van der Waals surface area contributed by atoms with Crippen molar-refractivity contribution in [1.29, 1.82) is 0 Å². The number of rotatable bonds is 4. The average Bonchev–Trinajstić information content (AvgIpc) is 1.83. The first kappa shape index (κ1) is 8.78. The summed E-state index contributed by atoms with van der Waals surface area (Å²) in [6, 6.07) is -0.0148. The summed E-state index contributed by atoms with van der Waals surface area (Å²) in [4.78, 5) is 0. The van der Waals surface area contributed by atoms with Gasteiger partial charge in [0.15, 0.2) is 0 Å². The molecule has 0 aliphatic rings. The van der Waals surface area contributed by atoms with Crippen LogP contribution in [0.5, 0.6) is 0 Å². The number of ether oxygens (including phenoxy) is 1. The van der Waals surface area contributed by atoms with Crippen molar-refractivity contribution in [3.05, 3.63) is 0 Å². The molecule has 0 bridgehead atoms. The van der Waals surface area contributed by atoms with E-state index >= 15 is 0 Å². The van der Waals surface area contributed by atoms with Crippen LogP contribution in [0, 0.1) is 0 Å². The summed E-state index contributed by atoms with van der Waals surface area (Å²) in [6.45, 7) is -0.836. The molecule has 0 amide bonds. The van der Waals surface area contributed by atoms with Gasteiger partial charge in [0.25, 0.3) is 0 Å². The van der Waals surface area contributed by atoms with Gasteiger partial charge in [-0.1, -0.05) is 0 Å². The van der Waals surface area contributed by atoms with Gasteiger partial charge in [0.05, 0.1) is 6.61 Å². The van der Waals surface area contributed by atoms with Crippen LogP contribution >= 0.6 is 0 Å². The van der Waals surface area contributed by atoms with Crippen LogP contribution in [0.2, 0.25) is 0 Å². The lowest BCUT2D eigenvalue weighted by molar-refractivity contribution is -0.132. The molecule has 4 heteroatoms. The van der Waals surface area contributed by atoms with Crippen LogP contribution in [0.4, 0.5) is 8.78 Å². The highest BCUT2D eigenvalue weighted by Gasteiger charge is 2.03. The van der Waals surface area contributed by atoms with E-state index in [4.69, 9.17) is 0 Å². The molecule has 0 saturated heterocycles. The second-order valence-corrected chi connectivity index (χ2v) is 1.78. The highest BCUT2D eigenvalue weighted by atomic mass is 19.3. The molecular weight excluding hydrogens is 128 g/mol. The summed E-state index contributed by atoms with van der Waals surface area (Å²) in [5, 5.41) is 2.76. The fraction of sp³-hybridized carbons (Fsp3) is 1.00. The molecule has 56 valence electrons. The summed E-state index contributed by atoms with van der Waals surface area (Å²) in [6.07, 6.45) is 0. The van der Waals surface area contributed by atoms with Crippen LogP contribution in [0.3, 0.4) is 0 Å². The maximum atomic E-state index is 11.3. The highest BCUT2D eigenvalue weighted by molar-refractivity contribution is 4.52. The zero-order valence-corrected chi connectivity index (χ0v) is 5.53. The van der Waals surface area contributed by atoms with Gasteiger partial charge in [-0.25, -0.2) is 0 Å². The number of likely N-dealkylation sites (N-methyl/N-ethyl adjacent to an activating group) is 1. The first-order valence-corrected chi connectivity index (χ1v) is 2.74. The Balaban J connectivity index is 3.06. The smallest absolute Gasteiger partial charge is 0.321 e. The maximum Gasteiger partial charge on any atom is 0.345 e. The fourth-order valence-corrected chi connectivity index (χ4v) is 0.300. The molecule has 2 nitrogen and oxygen atoms in total. The predicted molar refractivity (Wildman–Crippen MR) is 30.5 cm³/mol. The predicted octanol–water partition coefficient (Wildman–Crippen LogP) is 0.834. The number of alkyl halides is 2. The maximum absolute atomic E-state index is 11.3. The van der Waals surface area contributed by atoms with Crippen molar-refractivity contribution < 1.29 is 13.5 Å². The van der Waals surface area contributed by atoms with E-state index in [1.807, 2.05) is 0 Å². The van der Waals surface area contributed by atoms with Crippen molar-refractivity contribution >= 4 is 0 Å². The topological polar surface area (TPSA) is 21.3 Å². The van der Waals surface area contributed by atoms with Gasteiger partial charge in [0, 0.05) is 6.04 Å². The second kappa shape index (κ2) is 4.64. The molecule has 1 N–H and O–H groups in total. The lowest BCUT2D eigenvalue weighted by Gasteiger charge is -2.08. The van der Waals surface area contributed by atoms with E-state index in [0.717, 1.165) is 0 Å². The van der Waals surface area contributed by atoms with Crippen molar-refractivity contribution in [1.82, 2.24) is 5.32 Å². The van der Waals surface area contributed by atoms with Gasteiger partial charge in [0.1, 0.15) is 0 Å². The van der Waals surface area contributed by atoms with Gasteiger partial charge >= 0.3 is 6.61 Å². The van der Waals surface area contributed by atoms with Gasteiger partial charge in [-0.2, -0.15) is 8.78 Å². The Hall–Kier alpha value is -0.220. The van der Waals surface area contributed by atoms with E-state index in [0.29, 0.717) is 0 Å². The Bertz CT molecular complexity index is 70.0. The minimum Gasteiger partial charge on any atom is -0.321 e. The van der Waals surface area contributed by atoms with E-state index in [9.17, 15) is 8.78 Å². The zero-order valence-electron chi connectivity index (χ0n) is 5.53. The van der Waals surface area contributed by atoms with E-state index < -0.39 is 6.61 Å². The summed E-state index contributed by atoms with van der Waals surface area (Å²) in [5.41, 5.74) is 0. The highest BCUT2D eigenvalue weighted by Crippen LogP contribution is 1.94. The molecule has 0 aliphatic heterocycles. The quantitative estimate of drug-likeness (QED) is 0.623. The van der Waals surface area contributed by atoms with E-state index in [1.165, 1.54) is 0 Å². The number of nitrogens with one attached hydrogen (secondary N) is 1. The summed E-state index contributed by atoms with van der Waals surface area (Å²) in [7, 11) is 1.69. The van der Waals surface area contributed by atoms with E-state index in [2.05, 4.69) is 10.1 Å². The lowest BCUT2D eigenvalue weighted by Crippen LogP contribution is -2.27. The van der Waals surface area contributed by atoms with Crippen molar-refractivity contribution in [2.75, 3.05) is 13.7 Å². The minimum absolute atomic E-state index is 0.0148. The molecular formula is C5H11F2NO. The number of halogens is 2. The van der Waals surface area contributed by atoms with Gasteiger partial charge in [0.2, 0.25) is 0 Å². The number of hydrogen-bond acceptors (Lipinski definition) is 2. The fourth-order valence-electron chi connectivity index (χ4n) is 0.300. The van der Waals surface area contributed by atoms with Crippen LogP contribution < -0.4 is 5.32 Å². The van der Waals surface area contributed by atoms with Gasteiger partial charge in [-0.15, -0.1) is 0 Å². The molecule has 9 heavy (non-hydrogen) atoms. The van der Waals surface area contributed by atoms with E-state index in [-0.39, 0.29) is 12.6 Å². The molecule has 0 rings (SSSR count). The molecule has 0 aromatic heterocycles. The Morgan fingerprint density at radius 3 is 2.44 bits per heavy atom. The summed E-state index contributed by atoms with van der Waals surface area (Å²) in [5.74, 6) is 0. The molecule has 0 fully saturated rings. The third-order valence-corrected chi connectivity index (χ3v) is 0.965. The normalized spacial score (nSPS) is 14.3. The van der Waals surface area contributed by atoms with Crippen LogP contribution in [-0.2, 0) is 4.74 Å². The second-order valence-electron chi connectivity index (χ2n) is 1.78. The molecule has 1 unspecified atom stereocenters. The van der Waals surface area contributed by atoms with Crippen LogP contribution in [-0.4, -0.2) is 26.3 Å². The lowest BCUT2D eigenvalue weighted by atomic mass is 10.4. The van der Waals surface area contributed by atoms with Crippen molar-refractivity contribution in [2.24, 2.45) is 0 Å². The zero-order chi connectivity index (χ0) is 7.28. The molecule has 0 aliphatic carbocycles. The van der Waals surface area contributed by atoms with Gasteiger partial charge in [-0.3, -0.25) is 0 Å². The van der Waals surface area contributed by atoms with Crippen molar-refractivity contribution in [3.63, 3.8) is 0 Å². The molecule has 0 aromatic carbocycles. The van der Waals surface area contributed by atoms with Crippen molar-refractivity contribution in [3.8, 4) is 0 Å². The van der Waals surface area contributed by atoms with Gasteiger partial charge < -0.3 is 10.1 Å². The molecule has 0 aromatic rings. The van der Waals surface area contributed by atoms with Gasteiger partial charge in [-0.05, 0) is 14.0 Å². The first-order valence-electron chi connectivity index (χ1n) is 2.74. The molecule has 0 saturated carbocycles. The Morgan fingerprint density at radius 2 is 2.11 bits per heavy atom. The minimum atomic E-state index is -2.65. The first-order chi connectivity index (χ1) is 4.16. The van der Waals surface area contributed by atoms with Crippen LogP contribution in [0.15, 0.2) is 0 Å². The standard InChI is InChI=1S/C5H11F2NO/c1-4(8-2)3-9-5(6)7/h4-5,8H,3H2,1-2H3. The van der Waals surface area contributed by atoms with Crippen LogP contribution in [0.25, 0.3) is 0 Å². The molecule has 0 heterocycles. The number of hydrogen-bond donors (Lipinski definition) is 1. The summed E-state index contributed by atoms with van der Waals surface area (Å²) >= 11 is 0. The summed E-state index contributed by atoms with van der Waals surface area (Å²) < 4.78 is 26.6. The molecule has 0 radical (unpaired) electrons. The Labute approximate surface area is 53.2 Å². The van der Waals surface area contributed by atoms with Crippen molar-refractivity contribution in [2.45, 2.75) is 19.6 Å². The largest absolute Gasteiger partial charge is 0.345 e.